The van der Waals surface area contributed by atoms with Gasteiger partial charge < -0.3 is 14.0 Å². The van der Waals surface area contributed by atoms with Gasteiger partial charge >= 0.3 is 0 Å². The lowest BCUT2D eigenvalue weighted by Crippen LogP contribution is -2.38. The number of benzene rings is 1. The maximum Gasteiger partial charge on any atom is 0.254 e. The van der Waals surface area contributed by atoms with E-state index in [1.165, 1.54) is 0 Å². The number of hydrogen-bond acceptors (Lipinski definition) is 3. The molecule has 2 aromatic heterocycles. The average Bonchev–Trinajstić information content (AvgIpc) is 3.24. The van der Waals surface area contributed by atoms with Crippen LogP contribution >= 0.6 is 0 Å². The summed E-state index contributed by atoms with van der Waals surface area (Å²) in [7, 11) is 0. The first-order chi connectivity index (χ1) is 11.2. The summed E-state index contributed by atoms with van der Waals surface area (Å²) in [6.07, 6.45) is 3.97. The topological polar surface area (TPSA) is 56.0 Å². The quantitative estimate of drug-likeness (QED) is 0.728. The standard InChI is InChI=1S/C17H17N5O/c1-13-18-19-16-12-21(10-11-22(13)16)17(23)14-4-6-15(7-5-14)20-8-2-3-9-20/h2-9H,10-12H2,1H3. The monoisotopic (exact) mass is 307 g/mol. The Kier molecular flexibility index (Phi) is 3.22. The van der Waals surface area contributed by atoms with E-state index in [4.69, 9.17) is 0 Å². The van der Waals surface area contributed by atoms with Gasteiger partial charge in [0.1, 0.15) is 5.82 Å². The smallest absolute Gasteiger partial charge is 0.254 e. The summed E-state index contributed by atoms with van der Waals surface area (Å²) in [6, 6.07) is 11.6. The molecule has 1 aliphatic heterocycles. The van der Waals surface area contributed by atoms with Crippen molar-refractivity contribution in [3.8, 4) is 5.69 Å². The van der Waals surface area contributed by atoms with Crippen molar-refractivity contribution in [3.63, 3.8) is 0 Å². The maximum absolute atomic E-state index is 12.7. The van der Waals surface area contributed by atoms with Gasteiger partial charge in [0.05, 0.1) is 6.54 Å². The molecule has 0 aliphatic carbocycles. The van der Waals surface area contributed by atoms with Gasteiger partial charge in [0.15, 0.2) is 5.82 Å². The summed E-state index contributed by atoms with van der Waals surface area (Å²) < 4.78 is 4.08. The number of carbonyl (C=O) groups is 1. The third-order valence-electron chi connectivity index (χ3n) is 4.24. The lowest BCUT2D eigenvalue weighted by atomic mass is 10.1. The summed E-state index contributed by atoms with van der Waals surface area (Å²) in [5.74, 6) is 1.80. The summed E-state index contributed by atoms with van der Waals surface area (Å²) >= 11 is 0. The number of amides is 1. The van der Waals surface area contributed by atoms with E-state index in [9.17, 15) is 4.79 Å². The third-order valence-corrected chi connectivity index (χ3v) is 4.24. The van der Waals surface area contributed by atoms with E-state index >= 15 is 0 Å². The van der Waals surface area contributed by atoms with Gasteiger partial charge in [-0.2, -0.15) is 0 Å². The maximum atomic E-state index is 12.7. The van der Waals surface area contributed by atoms with Crippen LogP contribution in [0.3, 0.4) is 0 Å². The summed E-state index contributed by atoms with van der Waals surface area (Å²) in [5.41, 5.74) is 1.74. The second-order valence-corrected chi connectivity index (χ2v) is 5.68. The van der Waals surface area contributed by atoms with Gasteiger partial charge in [-0.05, 0) is 43.3 Å². The van der Waals surface area contributed by atoms with Crippen molar-refractivity contribution in [3.05, 3.63) is 66.0 Å². The Balaban J connectivity index is 1.53. The predicted molar refractivity (Wildman–Crippen MR) is 85.3 cm³/mol. The van der Waals surface area contributed by atoms with Crippen molar-refractivity contribution >= 4 is 5.91 Å². The Bertz CT molecular complexity index is 833. The summed E-state index contributed by atoms with van der Waals surface area (Å²) in [6.45, 7) is 3.89. The van der Waals surface area contributed by atoms with Crippen molar-refractivity contribution in [2.24, 2.45) is 0 Å². The van der Waals surface area contributed by atoms with Crippen LogP contribution in [0, 0.1) is 6.92 Å². The molecule has 3 heterocycles. The molecule has 4 rings (SSSR count). The highest BCUT2D eigenvalue weighted by Gasteiger charge is 2.24. The molecule has 1 aliphatic rings. The van der Waals surface area contributed by atoms with E-state index in [1.807, 2.05) is 65.2 Å². The van der Waals surface area contributed by atoms with Crippen LogP contribution in [0.2, 0.25) is 0 Å². The van der Waals surface area contributed by atoms with Crippen LogP contribution in [0.4, 0.5) is 0 Å². The molecule has 0 fully saturated rings. The van der Waals surface area contributed by atoms with Gasteiger partial charge in [-0.25, -0.2) is 0 Å². The summed E-state index contributed by atoms with van der Waals surface area (Å²) in [4.78, 5) is 14.5. The number of rotatable bonds is 2. The van der Waals surface area contributed by atoms with Crippen LogP contribution in [0.1, 0.15) is 22.0 Å². The fourth-order valence-electron chi connectivity index (χ4n) is 2.94. The van der Waals surface area contributed by atoms with Gasteiger partial charge in [-0.15, -0.1) is 10.2 Å². The van der Waals surface area contributed by atoms with Crippen molar-refractivity contribution < 1.29 is 4.79 Å². The second kappa shape index (κ2) is 5.39. The number of aromatic nitrogens is 4. The molecule has 0 unspecified atom stereocenters. The molecule has 0 saturated heterocycles. The fourth-order valence-corrected chi connectivity index (χ4v) is 2.94. The fraction of sp³-hybridized carbons (Fsp3) is 0.235. The second-order valence-electron chi connectivity index (χ2n) is 5.68. The zero-order valence-electron chi connectivity index (χ0n) is 12.9. The highest BCUT2D eigenvalue weighted by molar-refractivity contribution is 5.94. The minimum atomic E-state index is 0.0379. The first-order valence-electron chi connectivity index (χ1n) is 7.64. The molecule has 1 aromatic carbocycles. The molecule has 23 heavy (non-hydrogen) atoms. The zero-order valence-corrected chi connectivity index (χ0v) is 12.9. The van der Waals surface area contributed by atoms with Crippen LogP contribution < -0.4 is 0 Å². The highest BCUT2D eigenvalue weighted by Crippen LogP contribution is 2.16. The molecule has 0 atom stereocenters. The van der Waals surface area contributed by atoms with Crippen molar-refractivity contribution in [2.45, 2.75) is 20.0 Å². The van der Waals surface area contributed by atoms with Gasteiger partial charge in [0, 0.05) is 36.7 Å². The Morgan fingerprint density at radius 1 is 1.04 bits per heavy atom. The molecule has 116 valence electrons. The molecule has 0 spiro atoms. The van der Waals surface area contributed by atoms with Gasteiger partial charge in [-0.1, -0.05) is 0 Å². The molecule has 6 nitrogen and oxygen atoms in total. The number of carbonyl (C=O) groups excluding carboxylic acids is 1. The molecule has 0 radical (unpaired) electrons. The normalized spacial score (nSPS) is 13.9. The lowest BCUT2D eigenvalue weighted by Gasteiger charge is -2.27. The van der Waals surface area contributed by atoms with Crippen LogP contribution in [0.5, 0.6) is 0 Å². The van der Waals surface area contributed by atoms with Gasteiger partial charge in [-0.3, -0.25) is 4.79 Å². The molecular formula is C17H17N5O. The lowest BCUT2D eigenvalue weighted by molar-refractivity contribution is 0.0706. The van der Waals surface area contributed by atoms with E-state index in [0.717, 1.165) is 23.9 Å². The number of hydrogen-bond donors (Lipinski definition) is 0. The first kappa shape index (κ1) is 13.8. The van der Waals surface area contributed by atoms with Gasteiger partial charge in [0.2, 0.25) is 0 Å². The molecule has 0 N–H and O–H groups in total. The molecule has 3 aromatic rings. The van der Waals surface area contributed by atoms with E-state index < -0.39 is 0 Å². The highest BCUT2D eigenvalue weighted by atomic mass is 16.2. The van der Waals surface area contributed by atoms with Crippen molar-refractivity contribution in [2.75, 3.05) is 6.54 Å². The number of fused-ring (bicyclic) bond motifs is 1. The van der Waals surface area contributed by atoms with E-state index in [-0.39, 0.29) is 5.91 Å². The van der Waals surface area contributed by atoms with Gasteiger partial charge in [0.25, 0.3) is 5.91 Å². The van der Waals surface area contributed by atoms with E-state index in [1.54, 1.807) is 0 Å². The van der Waals surface area contributed by atoms with Crippen LogP contribution in [-0.4, -0.2) is 36.7 Å². The molecule has 0 bridgehead atoms. The predicted octanol–water partition coefficient (Wildman–Crippen LogP) is 2.03. The van der Waals surface area contributed by atoms with Crippen LogP contribution in [0.25, 0.3) is 5.69 Å². The minimum absolute atomic E-state index is 0.0379. The summed E-state index contributed by atoms with van der Waals surface area (Å²) in [5, 5.41) is 8.22. The Labute approximate surface area is 134 Å². The van der Waals surface area contributed by atoms with Crippen molar-refractivity contribution in [1.82, 2.24) is 24.2 Å². The van der Waals surface area contributed by atoms with Crippen LogP contribution in [-0.2, 0) is 13.1 Å². The van der Waals surface area contributed by atoms with Crippen molar-refractivity contribution in [1.29, 1.82) is 0 Å². The van der Waals surface area contributed by atoms with E-state index in [2.05, 4.69) is 14.8 Å². The Hall–Kier alpha value is -2.89. The molecule has 0 saturated carbocycles. The average molecular weight is 307 g/mol. The number of nitrogens with zero attached hydrogens (tertiary/aromatic N) is 5. The minimum Gasteiger partial charge on any atom is -0.329 e. The third kappa shape index (κ3) is 2.42. The Morgan fingerprint density at radius 2 is 1.78 bits per heavy atom. The SMILES string of the molecule is Cc1nnc2n1CCN(C(=O)c1ccc(-n3cccc3)cc1)C2. The molecule has 1 amide bonds. The zero-order chi connectivity index (χ0) is 15.8. The Morgan fingerprint density at radius 3 is 2.52 bits per heavy atom. The largest absolute Gasteiger partial charge is 0.329 e. The molecule has 6 heteroatoms. The van der Waals surface area contributed by atoms with E-state index in [0.29, 0.717) is 18.7 Å². The van der Waals surface area contributed by atoms with Crippen LogP contribution in [0.15, 0.2) is 48.8 Å². The molecular weight excluding hydrogens is 290 g/mol. The first-order valence-corrected chi connectivity index (χ1v) is 7.64. The number of aryl methyl sites for hydroxylation is 1.